The summed E-state index contributed by atoms with van der Waals surface area (Å²) in [5, 5.41) is 7.40. The maximum atomic E-state index is 5.59. The van der Waals surface area contributed by atoms with E-state index in [1.807, 2.05) is 0 Å². The van der Waals surface area contributed by atoms with Gasteiger partial charge in [0.25, 0.3) is 0 Å². The Morgan fingerprint density at radius 3 is 2.93 bits per heavy atom. The van der Waals surface area contributed by atoms with Gasteiger partial charge in [-0.1, -0.05) is 5.10 Å². The fourth-order valence-electron chi connectivity index (χ4n) is 1.69. The zero-order chi connectivity index (χ0) is 9.80. The molecule has 78 valence electrons. The first-order chi connectivity index (χ1) is 6.84. The van der Waals surface area contributed by atoms with Crippen molar-refractivity contribution in [2.45, 2.75) is 38.2 Å². The number of nitrogens with zero attached hydrogens (tertiary/aromatic N) is 2. The van der Waals surface area contributed by atoms with E-state index in [1.54, 1.807) is 0 Å². The molecule has 2 heterocycles. The first kappa shape index (κ1) is 9.45. The van der Waals surface area contributed by atoms with Crippen LogP contribution < -0.4 is 5.73 Å². The minimum atomic E-state index is 0.143. The Balaban J connectivity index is 1.76. The molecule has 5 heteroatoms. The van der Waals surface area contributed by atoms with Crippen molar-refractivity contribution in [2.75, 3.05) is 12.3 Å². The molecular formula is C9H15N3O2. The molecule has 1 aliphatic rings. The van der Waals surface area contributed by atoms with Crippen LogP contribution in [0.2, 0.25) is 0 Å². The zero-order valence-electron chi connectivity index (χ0n) is 8.11. The van der Waals surface area contributed by atoms with Gasteiger partial charge >= 0.3 is 6.01 Å². The lowest BCUT2D eigenvalue weighted by atomic mass is 10.0. The maximum absolute atomic E-state index is 5.59. The largest absolute Gasteiger partial charge is 0.408 e. The summed E-state index contributed by atoms with van der Waals surface area (Å²) in [7, 11) is 0. The number of hydrogen-bond donors (Lipinski definition) is 1. The predicted octanol–water partition coefficient (Wildman–Crippen LogP) is 1.15. The monoisotopic (exact) mass is 197 g/mol. The van der Waals surface area contributed by atoms with Gasteiger partial charge in [-0.3, -0.25) is 0 Å². The van der Waals surface area contributed by atoms with Gasteiger partial charge < -0.3 is 14.9 Å². The quantitative estimate of drug-likeness (QED) is 0.786. The van der Waals surface area contributed by atoms with Crippen molar-refractivity contribution in [3.8, 4) is 0 Å². The summed E-state index contributed by atoms with van der Waals surface area (Å²) in [5.74, 6) is 0.608. The average molecular weight is 197 g/mol. The Morgan fingerprint density at radius 1 is 1.36 bits per heavy atom. The van der Waals surface area contributed by atoms with E-state index < -0.39 is 0 Å². The Labute approximate surface area is 82.6 Å². The number of anilines is 1. The van der Waals surface area contributed by atoms with Gasteiger partial charge in [-0.2, -0.15) is 0 Å². The number of rotatable bonds is 3. The molecule has 1 atom stereocenters. The second-order valence-corrected chi connectivity index (χ2v) is 3.56. The molecule has 14 heavy (non-hydrogen) atoms. The third-order valence-corrected chi connectivity index (χ3v) is 2.44. The number of aryl methyl sites for hydroxylation is 1. The van der Waals surface area contributed by atoms with Gasteiger partial charge in [-0.15, -0.1) is 5.10 Å². The van der Waals surface area contributed by atoms with E-state index in [-0.39, 0.29) is 6.01 Å². The first-order valence-corrected chi connectivity index (χ1v) is 5.04. The summed E-state index contributed by atoms with van der Waals surface area (Å²) in [5.41, 5.74) is 5.32. The van der Waals surface area contributed by atoms with Crippen LogP contribution in [0.25, 0.3) is 0 Å². The minimum Gasteiger partial charge on any atom is -0.408 e. The zero-order valence-corrected chi connectivity index (χ0v) is 8.11. The summed E-state index contributed by atoms with van der Waals surface area (Å²) < 4.78 is 10.7. The van der Waals surface area contributed by atoms with Crippen molar-refractivity contribution in [3.05, 3.63) is 5.89 Å². The average Bonchev–Trinajstić information content (AvgIpc) is 2.63. The third kappa shape index (κ3) is 2.45. The Morgan fingerprint density at radius 2 is 2.29 bits per heavy atom. The molecule has 1 unspecified atom stereocenters. The van der Waals surface area contributed by atoms with Crippen LogP contribution in [0.1, 0.15) is 31.6 Å². The molecule has 0 aliphatic carbocycles. The molecule has 1 aromatic heterocycles. The van der Waals surface area contributed by atoms with Gasteiger partial charge in [0.1, 0.15) is 0 Å². The van der Waals surface area contributed by atoms with Crippen molar-refractivity contribution < 1.29 is 9.15 Å². The lowest BCUT2D eigenvalue weighted by Crippen LogP contribution is -2.19. The van der Waals surface area contributed by atoms with Crippen LogP contribution in [0, 0.1) is 0 Å². The van der Waals surface area contributed by atoms with Gasteiger partial charge in [0.2, 0.25) is 5.89 Å². The number of nitrogen functional groups attached to an aromatic ring is 1. The van der Waals surface area contributed by atoms with Crippen molar-refractivity contribution in [1.82, 2.24) is 10.2 Å². The van der Waals surface area contributed by atoms with Crippen LogP contribution in [0.3, 0.4) is 0 Å². The molecule has 2 rings (SSSR count). The number of aromatic nitrogens is 2. The minimum absolute atomic E-state index is 0.143. The predicted molar refractivity (Wildman–Crippen MR) is 50.6 cm³/mol. The molecule has 0 aromatic carbocycles. The number of ether oxygens (including phenoxy) is 1. The Hall–Kier alpha value is -1.10. The fraction of sp³-hybridized carbons (Fsp3) is 0.778. The summed E-state index contributed by atoms with van der Waals surface area (Å²) in [6.45, 7) is 0.886. The third-order valence-electron chi connectivity index (χ3n) is 2.44. The first-order valence-electron chi connectivity index (χ1n) is 5.04. The summed E-state index contributed by atoms with van der Waals surface area (Å²) in [6, 6.07) is 0.143. The highest BCUT2D eigenvalue weighted by molar-refractivity contribution is 5.04. The van der Waals surface area contributed by atoms with Crippen LogP contribution in [0.5, 0.6) is 0 Å². The highest BCUT2D eigenvalue weighted by atomic mass is 16.5. The van der Waals surface area contributed by atoms with E-state index in [4.69, 9.17) is 14.9 Å². The summed E-state index contributed by atoms with van der Waals surface area (Å²) in [4.78, 5) is 0. The molecule has 5 nitrogen and oxygen atoms in total. The Kier molecular flexibility index (Phi) is 2.98. The molecule has 0 saturated carbocycles. The van der Waals surface area contributed by atoms with Crippen molar-refractivity contribution in [2.24, 2.45) is 0 Å². The molecule has 0 bridgehead atoms. The van der Waals surface area contributed by atoms with Crippen LogP contribution in [-0.2, 0) is 11.2 Å². The lowest BCUT2D eigenvalue weighted by molar-refractivity contribution is 0.0106. The smallest absolute Gasteiger partial charge is 0.312 e. The van der Waals surface area contributed by atoms with E-state index >= 15 is 0 Å². The molecule has 1 fully saturated rings. The van der Waals surface area contributed by atoms with Gasteiger partial charge in [0.05, 0.1) is 6.10 Å². The lowest BCUT2D eigenvalue weighted by Gasteiger charge is -2.21. The summed E-state index contributed by atoms with van der Waals surface area (Å²) >= 11 is 0. The Bertz CT molecular complexity index is 281. The normalized spacial score (nSPS) is 22.4. The molecule has 0 spiro atoms. The second-order valence-electron chi connectivity index (χ2n) is 3.56. The second kappa shape index (κ2) is 4.41. The van der Waals surface area contributed by atoms with Crippen molar-refractivity contribution >= 4 is 6.01 Å². The maximum Gasteiger partial charge on any atom is 0.312 e. The van der Waals surface area contributed by atoms with E-state index in [2.05, 4.69) is 10.2 Å². The molecule has 2 N–H and O–H groups in total. The molecule has 1 saturated heterocycles. The topological polar surface area (TPSA) is 74.2 Å². The van der Waals surface area contributed by atoms with Crippen LogP contribution in [-0.4, -0.2) is 22.9 Å². The fourth-order valence-corrected chi connectivity index (χ4v) is 1.69. The van der Waals surface area contributed by atoms with Crippen molar-refractivity contribution in [3.63, 3.8) is 0 Å². The van der Waals surface area contributed by atoms with E-state index in [9.17, 15) is 0 Å². The van der Waals surface area contributed by atoms with E-state index in [0.29, 0.717) is 12.0 Å². The van der Waals surface area contributed by atoms with E-state index in [1.165, 1.54) is 12.8 Å². The molecule has 0 amide bonds. The summed E-state index contributed by atoms with van der Waals surface area (Å²) in [6.07, 6.45) is 5.65. The van der Waals surface area contributed by atoms with Crippen LogP contribution in [0.4, 0.5) is 6.01 Å². The number of nitrogens with two attached hydrogens (primary N) is 1. The highest BCUT2D eigenvalue weighted by Gasteiger charge is 2.15. The highest BCUT2D eigenvalue weighted by Crippen LogP contribution is 2.17. The SMILES string of the molecule is Nc1nnc(CCC2CCCCO2)o1. The van der Waals surface area contributed by atoms with Crippen LogP contribution in [0.15, 0.2) is 4.42 Å². The van der Waals surface area contributed by atoms with Gasteiger partial charge in [-0.05, 0) is 25.7 Å². The molecule has 1 aliphatic heterocycles. The van der Waals surface area contributed by atoms with Gasteiger partial charge in [0.15, 0.2) is 0 Å². The molecule has 0 radical (unpaired) electrons. The number of hydrogen-bond acceptors (Lipinski definition) is 5. The van der Waals surface area contributed by atoms with Gasteiger partial charge in [-0.25, -0.2) is 0 Å². The molecule has 1 aromatic rings. The standard InChI is InChI=1S/C9H15N3O2/c10-9-12-11-8(14-9)5-4-7-3-1-2-6-13-7/h7H,1-6H2,(H2,10,12). The van der Waals surface area contributed by atoms with E-state index in [0.717, 1.165) is 25.9 Å². The van der Waals surface area contributed by atoms with Gasteiger partial charge in [0, 0.05) is 13.0 Å². The van der Waals surface area contributed by atoms with Crippen LogP contribution >= 0.6 is 0 Å². The van der Waals surface area contributed by atoms with Crippen molar-refractivity contribution in [1.29, 1.82) is 0 Å². The molecular weight excluding hydrogens is 182 g/mol.